The highest BCUT2D eigenvalue weighted by Gasteiger charge is 2.39. The first-order valence-corrected chi connectivity index (χ1v) is 20.6. The Morgan fingerprint density at radius 2 is 1.12 bits per heavy atom. The molecule has 0 saturated carbocycles. The van der Waals surface area contributed by atoms with Crippen LogP contribution in [-0.4, -0.2) is 8.07 Å². The van der Waals surface area contributed by atoms with Crippen molar-refractivity contribution in [1.82, 2.24) is 0 Å². The largest absolute Gasteiger partial charge is 0.310 e. The van der Waals surface area contributed by atoms with E-state index in [1.54, 1.807) is 0 Å². The quantitative estimate of drug-likeness (QED) is 0.135. The maximum absolute atomic E-state index is 2.45. The van der Waals surface area contributed by atoms with Gasteiger partial charge in [0.25, 0.3) is 0 Å². The standard InChI is InChI=1S/C46H39NSi/c1-46(2)41-29-34(47(32-15-8-6-9-16-32)33-17-10-7-11-18-33)24-27-37(41)44-38-20-12-14-31-28-40(30-22-25-35(26-23-30)48(3,4)5)36-19-13-21-39(45(44)46)43(36)42(31)38/h6-29H,1-5H3. The molecule has 0 aromatic heterocycles. The Hall–Kier alpha value is -5.18. The highest BCUT2D eigenvalue weighted by molar-refractivity contribution is 6.88. The van der Waals surface area contributed by atoms with Crippen LogP contribution in [0.2, 0.25) is 19.6 Å². The van der Waals surface area contributed by atoms with Gasteiger partial charge in [-0.05, 0) is 108 Å². The summed E-state index contributed by atoms with van der Waals surface area (Å²) >= 11 is 0. The van der Waals surface area contributed by atoms with Gasteiger partial charge in [0.2, 0.25) is 0 Å². The van der Waals surface area contributed by atoms with E-state index in [0.717, 1.165) is 11.4 Å². The van der Waals surface area contributed by atoms with Crippen molar-refractivity contribution in [3.63, 3.8) is 0 Å². The van der Waals surface area contributed by atoms with Crippen molar-refractivity contribution in [2.45, 2.75) is 38.9 Å². The van der Waals surface area contributed by atoms with Crippen molar-refractivity contribution >= 4 is 62.6 Å². The Labute approximate surface area is 284 Å². The van der Waals surface area contributed by atoms with Gasteiger partial charge >= 0.3 is 0 Å². The van der Waals surface area contributed by atoms with Gasteiger partial charge in [-0.1, -0.05) is 142 Å². The van der Waals surface area contributed by atoms with Crippen molar-refractivity contribution < 1.29 is 0 Å². The second-order valence-corrected chi connectivity index (χ2v) is 20.1. The van der Waals surface area contributed by atoms with Gasteiger partial charge in [-0.3, -0.25) is 0 Å². The van der Waals surface area contributed by atoms with Crippen LogP contribution in [-0.2, 0) is 5.41 Å². The molecular weight excluding hydrogens is 595 g/mol. The minimum absolute atomic E-state index is 0.192. The highest BCUT2D eigenvalue weighted by Crippen LogP contribution is 2.57. The van der Waals surface area contributed by atoms with E-state index in [4.69, 9.17) is 0 Å². The Bertz CT molecular complexity index is 2450. The minimum atomic E-state index is -1.38. The number of hydrogen-bond acceptors (Lipinski definition) is 1. The van der Waals surface area contributed by atoms with Gasteiger partial charge in [0, 0.05) is 22.5 Å². The minimum Gasteiger partial charge on any atom is -0.310 e. The molecule has 9 rings (SSSR count). The Kier molecular flexibility index (Phi) is 6.29. The summed E-state index contributed by atoms with van der Waals surface area (Å²) in [5.74, 6) is 0. The normalized spacial score (nSPS) is 13.7. The molecule has 2 heteroatoms. The van der Waals surface area contributed by atoms with Crippen LogP contribution < -0.4 is 10.1 Å². The zero-order valence-corrected chi connectivity index (χ0v) is 29.3. The van der Waals surface area contributed by atoms with E-state index in [1.807, 2.05) is 0 Å². The van der Waals surface area contributed by atoms with Gasteiger partial charge in [-0.25, -0.2) is 0 Å². The molecule has 0 heterocycles. The molecule has 1 aliphatic carbocycles. The molecule has 0 atom stereocenters. The molecule has 0 amide bonds. The zero-order chi connectivity index (χ0) is 32.8. The maximum atomic E-state index is 2.45. The highest BCUT2D eigenvalue weighted by atomic mass is 28.3. The number of para-hydroxylation sites is 2. The molecule has 0 bridgehead atoms. The molecule has 8 aromatic rings. The first kappa shape index (κ1) is 29.0. The van der Waals surface area contributed by atoms with Crippen LogP contribution in [0.3, 0.4) is 0 Å². The lowest BCUT2D eigenvalue weighted by molar-refractivity contribution is 0.666. The summed E-state index contributed by atoms with van der Waals surface area (Å²) in [5, 5.41) is 9.65. The van der Waals surface area contributed by atoms with Gasteiger partial charge < -0.3 is 4.90 Å². The van der Waals surface area contributed by atoms with E-state index in [-0.39, 0.29) is 5.41 Å². The van der Waals surface area contributed by atoms with E-state index in [2.05, 4.69) is 184 Å². The Balaban J connectivity index is 1.29. The molecule has 232 valence electrons. The molecule has 0 fully saturated rings. The van der Waals surface area contributed by atoms with Crippen LogP contribution in [0, 0.1) is 0 Å². The molecule has 0 spiro atoms. The molecule has 1 aliphatic rings. The second kappa shape index (κ2) is 10.4. The molecular formula is C46H39NSi. The van der Waals surface area contributed by atoms with Crippen molar-refractivity contribution in [3.05, 3.63) is 157 Å². The number of benzene rings is 8. The van der Waals surface area contributed by atoms with Crippen LogP contribution in [0.1, 0.15) is 25.0 Å². The summed E-state index contributed by atoms with van der Waals surface area (Å²) in [5.41, 5.74) is 11.5. The van der Waals surface area contributed by atoms with E-state index in [0.29, 0.717) is 0 Å². The van der Waals surface area contributed by atoms with Gasteiger partial charge in [0.05, 0.1) is 8.07 Å². The van der Waals surface area contributed by atoms with Gasteiger partial charge in [0.1, 0.15) is 0 Å². The predicted molar refractivity (Wildman–Crippen MR) is 211 cm³/mol. The maximum Gasteiger partial charge on any atom is 0.0775 e. The van der Waals surface area contributed by atoms with Crippen LogP contribution in [0.25, 0.3) is 54.6 Å². The predicted octanol–water partition coefficient (Wildman–Crippen LogP) is 12.6. The third kappa shape index (κ3) is 4.22. The summed E-state index contributed by atoms with van der Waals surface area (Å²) in [6.45, 7) is 12.1. The zero-order valence-electron chi connectivity index (χ0n) is 28.3. The van der Waals surface area contributed by atoms with Crippen LogP contribution >= 0.6 is 0 Å². The van der Waals surface area contributed by atoms with E-state index in [1.165, 1.54) is 76.6 Å². The summed E-state index contributed by atoms with van der Waals surface area (Å²) in [6, 6.07) is 54.4. The molecule has 8 aromatic carbocycles. The fourth-order valence-electron chi connectivity index (χ4n) is 8.39. The van der Waals surface area contributed by atoms with Crippen molar-refractivity contribution in [1.29, 1.82) is 0 Å². The van der Waals surface area contributed by atoms with Crippen LogP contribution in [0.4, 0.5) is 17.1 Å². The van der Waals surface area contributed by atoms with Gasteiger partial charge in [0.15, 0.2) is 0 Å². The van der Waals surface area contributed by atoms with E-state index >= 15 is 0 Å². The van der Waals surface area contributed by atoms with Gasteiger partial charge in [-0.15, -0.1) is 0 Å². The third-order valence-corrected chi connectivity index (χ3v) is 12.8. The van der Waals surface area contributed by atoms with E-state index in [9.17, 15) is 0 Å². The summed E-state index contributed by atoms with van der Waals surface area (Å²) in [7, 11) is -1.38. The summed E-state index contributed by atoms with van der Waals surface area (Å²) in [6.07, 6.45) is 0. The first-order valence-electron chi connectivity index (χ1n) is 17.1. The van der Waals surface area contributed by atoms with Gasteiger partial charge in [-0.2, -0.15) is 0 Å². The van der Waals surface area contributed by atoms with Crippen molar-refractivity contribution in [2.24, 2.45) is 0 Å². The number of anilines is 3. The van der Waals surface area contributed by atoms with Crippen LogP contribution in [0.5, 0.6) is 0 Å². The molecule has 0 N–H and O–H groups in total. The average Bonchev–Trinajstić information content (AvgIpc) is 3.34. The molecule has 0 aliphatic heterocycles. The van der Waals surface area contributed by atoms with Crippen molar-refractivity contribution in [2.75, 3.05) is 4.90 Å². The first-order chi connectivity index (χ1) is 23.2. The topological polar surface area (TPSA) is 3.24 Å². The SMILES string of the molecule is CC1(C)c2cc(N(c3ccccc3)c3ccccc3)ccc2-c2c1c1cccc3c(-c4ccc([Si](C)(C)C)cc4)cc4cccc2c4c31. The lowest BCUT2D eigenvalue weighted by atomic mass is 9.77. The fourth-order valence-corrected chi connectivity index (χ4v) is 9.56. The number of rotatable bonds is 5. The molecule has 0 saturated heterocycles. The molecule has 0 unspecified atom stereocenters. The van der Waals surface area contributed by atoms with Crippen LogP contribution in [0.15, 0.2) is 146 Å². The average molecular weight is 634 g/mol. The third-order valence-electron chi connectivity index (χ3n) is 10.7. The second-order valence-electron chi connectivity index (χ2n) is 15.0. The van der Waals surface area contributed by atoms with Crippen molar-refractivity contribution in [3.8, 4) is 22.3 Å². The fraction of sp³-hybridized carbons (Fsp3) is 0.130. The Morgan fingerprint density at radius 3 is 1.79 bits per heavy atom. The number of fused-ring (bicyclic) bond motifs is 5. The molecule has 48 heavy (non-hydrogen) atoms. The molecule has 1 nitrogen and oxygen atoms in total. The number of hydrogen-bond donors (Lipinski definition) is 0. The monoisotopic (exact) mass is 633 g/mol. The lowest BCUT2D eigenvalue weighted by Gasteiger charge is -2.28. The lowest BCUT2D eigenvalue weighted by Crippen LogP contribution is -2.37. The smallest absolute Gasteiger partial charge is 0.0775 e. The van der Waals surface area contributed by atoms with E-state index < -0.39 is 8.07 Å². The molecule has 0 radical (unpaired) electrons. The Morgan fingerprint density at radius 1 is 0.500 bits per heavy atom. The number of nitrogens with zero attached hydrogens (tertiary/aromatic N) is 1. The summed E-state index contributed by atoms with van der Waals surface area (Å²) in [4.78, 5) is 2.38. The summed E-state index contributed by atoms with van der Waals surface area (Å²) < 4.78 is 0.